The van der Waals surface area contributed by atoms with Crippen LogP contribution in [0.15, 0.2) is 54.1 Å². The Morgan fingerprint density at radius 2 is 1.88 bits per heavy atom. The summed E-state index contributed by atoms with van der Waals surface area (Å²) in [5, 5.41) is 0. The van der Waals surface area contributed by atoms with Crippen molar-refractivity contribution in [2.75, 3.05) is 14.2 Å². The first-order valence-electron chi connectivity index (χ1n) is 7.74. The van der Waals surface area contributed by atoms with Gasteiger partial charge >= 0.3 is 11.9 Å². The number of methoxy groups -OCH3 is 2. The smallest absolute Gasteiger partial charge is 0.335 e. The molecule has 0 fully saturated rings. The lowest BCUT2D eigenvalue weighted by molar-refractivity contribution is -0.140. The predicted molar refractivity (Wildman–Crippen MR) is 93.7 cm³/mol. The summed E-state index contributed by atoms with van der Waals surface area (Å²) in [4.78, 5) is 37.4. The molecule has 0 spiro atoms. The van der Waals surface area contributed by atoms with E-state index in [9.17, 15) is 14.4 Å². The number of ketones is 1. The van der Waals surface area contributed by atoms with E-state index in [1.807, 2.05) is 12.1 Å². The lowest BCUT2D eigenvalue weighted by Gasteiger charge is -2.35. The third-order valence-corrected chi connectivity index (χ3v) is 4.35. The molecule has 2 rings (SSSR count). The Balaban J connectivity index is 2.78. The quantitative estimate of drug-likeness (QED) is 0.468. The summed E-state index contributed by atoms with van der Waals surface area (Å²) in [7, 11) is 2.41. The zero-order valence-corrected chi connectivity index (χ0v) is 14.5. The van der Waals surface area contributed by atoms with Gasteiger partial charge in [-0.25, -0.2) is 9.59 Å². The maximum atomic E-state index is 13.2. The molecule has 5 nitrogen and oxygen atoms in total. The van der Waals surface area contributed by atoms with Crippen LogP contribution in [0.3, 0.4) is 0 Å². The molecule has 0 amide bonds. The molecule has 0 heterocycles. The second-order valence-electron chi connectivity index (χ2n) is 5.78. The Kier molecular flexibility index (Phi) is 5.37. The van der Waals surface area contributed by atoms with Crippen molar-refractivity contribution in [1.29, 1.82) is 0 Å². The largest absolute Gasteiger partial charge is 0.466 e. The van der Waals surface area contributed by atoms with E-state index in [2.05, 4.69) is 11.3 Å². The maximum absolute atomic E-state index is 13.2. The molecule has 1 aromatic carbocycles. The highest BCUT2D eigenvalue weighted by Crippen LogP contribution is 2.42. The highest BCUT2D eigenvalue weighted by Gasteiger charge is 2.47. The van der Waals surface area contributed by atoms with Crippen LogP contribution in [0.25, 0.3) is 6.08 Å². The molecule has 0 aliphatic heterocycles. The fraction of sp³-hybridized carbons (Fsp3) is 0.250. The highest BCUT2D eigenvalue weighted by molar-refractivity contribution is 6.17. The number of hydrogen-bond acceptors (Lipinski definition) is 5. The van der Waals surface area contributed by atoms with Crippen molar-refractivity contribution in [3.05, 3.63) is 65.3 Å². The van der Waals surface area contributed by atoms with Crippen LogP contribution in [-0.4, -0.2) is 31.9 Å². The molecule has 0 N–H and O–H groups in total. The van der Waals surface area contributed by atoms with E-state index in [1.165, 1.54) is 14.2 Å². The van der Waals surface area contributed by atoms with Crippen LogP contribution in [-0.2, 0) is 29.3 Å². The molecule has 0 aromatic heterocycles. The number of hydrogen-bond donors (Lipinski definition) is 0. The van der Waals surface area contributed by atoms with Crippen LogP contribution in [0.4, 0.5) is 0 Å². The first-order chi connectivity index (χ1) is 11.9. The van der Waals surface area contributed by atoms with Crippen molar-refractivity contribution in [3.8, 4) is 0 Å². The second kappa shape index (κ2) is 7.30. The Morgan fingerprint density at radius 3 is 2.48 bits per heavy atom. The summed E-state index contributed by atoms with van der Waals surface area (Å²) >= 11 is 0. The van der Waals surface area contributed by atoms with Crippen LogP contribution in [0.1, 0.15) is 24.5 Å². The van der Waals surface area contributed by atoms with E-state index in [0.717, 1.165) is 11.6 Å². The fourth-order valence-corrected chi connectivity index (χ4v) is 3.04. The summed E-state index contributed by atoms with van der Waals surface area (Å²) in [6, 6.07) is 7.25. The van der Waals surface area contributed by atoms with Crippen molar-refractivity contribution in [2.45, 2.75) is 18.8 Å². The number of Topliss-reactive ketones (excluding diaryl/α,β-unsaturated/α-hetero) is 1. The fourth-order valence-electron chi connectivity index (χ4n) is 3.04. The van der Waals surface area contributed by atoms with Gasteiger partial charge in [0.2, 0.25) is 0 Å². The van der Waals surface area contributed by atoms with Gasteiger partial charge in [-0.3, -0.25) is 4.79 Å². The Hall–Kier alpha value is -2.95. The van der Waals surface area contributed by atoms with Gasteiger partial charge in [-0.05, 0) is 30.5 Å². The van der Waals surface area contributed by atoms with Gasteiger partial charge in [-0.1, -0.05) is 30.3 Å². The lowest BCUT2D eigenvalue weighted by Crippen LogP contribution is -2.42. The Bertz CT molecular complexity index is 800. The van der Waals surface area contributed by atoms with Crippen LogP contribution in [0.5, 0.6) is 0 Å². The van der Waals surface area contributed by atoms with Gasteiger partial charge in [-0.2, -0.15) is 0 Å². The number of esters is 2. The van der Waals surface area contributed by atoms with E-state index in [-0.39, 0.29) is 11.4 Å². The molecule has 5 heteroatoms. The number of carbonyl (C=O) groups is 3. The molecule has 1 aliphatic carbocycles. The van der Waals surface area contributed by atoms with Crippen molar-refractivity contribution in [1.82, 2.24) is 0 Å². The van der Waals surface area contributed by atoms with Gasteiger partial charge in [-0.15, -0.1) is 6.58 Å². The minimum atomic E-state index is -1.36. The van der Waals surface area contributed by atoms with Crippen molar-refractivity contribution >= 4 is 23.8 Å². The van der Waals surface area contributed by atoms with Gasteiger partial charge in [0.05, 0.1) is 25.2 Å². The average Bonchev–Trinajstić information content (AvgIpc) is 2.63. The van der Waals surface area contributed by atoms with Crippen molar-refractivity contribution < 1.29 is 23.9 Å². The van der Waals surface area contributed by atoms with Crippen LogP contribution in [0, 0.1) is 0 Å². The third-order valence-electron chi connectivity index (χ3n) is 4.35. The molecule has 1 aromatic rings. The van der Waals surface area contributed by atoms with Gasteiger partial charge < -0.3 is 9.47 Å². The van der Waals surface area contributed by atoms with Crippen LogP contribution >= 0.6 is 0 Å². The second-order valence-corrected chi connectivity index (χ2v) is 5.78. The predicted octanol–water partition coefficient (Wildman–Crippen LogP) is 2.76. The third kappa shape index (κ3) is 3.18. The number of benzene rings is 1. The summed E-state index contributed by atoms with van der Waals surface area (Å²) < 4.78 is 9.47. The standard InChI is InChI=1S/C20H20O5/c1-5-8-14-11-13-9-6-7-10-15(13)20(2,18(14)22)16(19(23)25-4)12-17(21)24-3/h5-7,9-12H,1,8H2,2-4H3/b16-12+/t20-/m0/s1. The van der Waals surface area contributed by atoms with E-state index >= 15 is 0 Å². The van der Waals surface area contributed by atoms with E-state index in [4.69, 9.17) is 4.74 Å². The average molecular weight is 340 g/mol. The SMILES string of the molecule is C=CCC1=Cc2ccccc2[C@@](C)(/C(=C/C(=O)OC)C(=O)OC)C1=O. The number of ether oxygens (including phenoxy) is 2. The molecular formula is C20H20O5. The zero-order chi connectivity index (χ0) is 18.6. The number of allylic oxidation sites excluding steroid dienone is 2. The Labute approximate surface area is 146 Å². The van der Waals surface area contributed by atoms with E-state index in [0.29, 0.717) is 17.6 Å². The molecule has 0 bridgehead atoms. The molecular weight excluding hydrogens is 320 g/mol. The zero-order valence-electron chi connectivity index (χ0n) is 14.5. The number of carbonyl (C=O) groups excluding carboxylic acids is 3. The minimum absolute atomic E-state index is 0.0611. The maximum Gasteiger partial charge on any atom is 0.335 e. The first-order valence-corrected chi connectivity index (χ1v) is 7.74. The van der Waals surface area contributed by atoms with Crippen molar-refractivity contribution in [2.24, 2.45) is 0 Å². The summed E-state index contributed by atoms with van der Waals surface area (Å²) in [6.45, 7) is 5.30. The number of fused-ring (bicyclic) bond motifs is 1. The summed E-state index contributed by atoms with van der Waals surface area (Å²) in [5.41, 5.74) is 0.532. The monoisotopic (exact) mass is 340 g/mol. The highest BCUT2D eigenvalue weighted by atomic mass is 16.5. The molecule has 1 atom stereocenters. The topological polar surface area (TPSA) is 69.7 Å². The lowest BCUT2D eigenvalue weighted by atomic mass is 9.65. The molecule has 0 radical (unpaired) electrons. The van der Waals surface area contributed by atoms with Gasteiger partial charge in [0.25, 0.3) is 0 Å². The molecule has 0 saturated heterocycles. The van der Waals surface area contributed by atoms with E-state index < -0.39 is 17.4 Å². The normalized spacial score (nSPS) is 19.6. The summed E-state index contributed by atoms with van der Waals surface area (Å²) in [5.74, 6) is -1.76. The van der Waals surface area contributed by atoms with Gasteiger partial charge in [0, 0.05) is 11.6 Å². The molecule has 1 aliphatic rings. The Morgan fingerprint density at radius 1 is 1.20 bits per heavy atom. The van der Waals surface area contributed by atoms with Crippen molar-refractivity contribution in [3.63, 3.8) is 0 Å². The van der Waals surface area contributed by atoms with Crippen LogP contribution < -0.4 is 0 Å². The number of rotatable bonds is 5. The van der Waals surface area contributed by atoms with Crippen LogP contribution in [0.2, 0.25) is 0 Å². The molecule has 0 unspecified atom stereocenters. The molecule has 0 saturated carbocycles. The summed E-state index contributed by atoms with van der Waals surface area (Å²) in [6.07, 6.45) is 4.79. The molecule has 25 heavy (non-hydrogen) atoms. The van der Waals surface area contributed by atoms with Gasteiger partial charge in [0.1, 0.15) is 0 Å². The van der Waals surface area contributed by atoms with Gasteiger partial charge in [0.15, 0.2) is 5.78 Å². The molecule has 130 valence electrons. The van der Waals surface area contributed by atoms with E-state index in [1.54, 1.807) is 31.2 Å². The first kappa shape index (κ1) is 18.4. The minimum Gasteiger partial charge on any atom is -0.466 e.